The SMILES string of the molecule is COC(=O)CC1COc2ccc3ccccc3c2C1C(C)C(=O)OC.O=C=O. The van der Waals surface area contributed by atoms with Crippen molar-refractivity contribution >= 4 is 28.9 Å². The largest absolute Gasteiger partial charge is 0.493 e. The topological polar surface area (TPSA) is 96.0 Å². The zero-order valence-electron chi connectivity index (χ0n) is 16.0. The van der Waals surface area contributed by atoms with Gasteiger partial charge >= 0.3 is 18.1 Å². The zero-order valence-corrected chi connectivity index (χ0v) is 16.0. The molecule has 148 valence electrons. The van der Waals surface area contributed by atoms with Gasteiger partial charge in [0.2, 0.25) is 0 Å². The smallest absolute Gasteiger partial charge is 0.373 e. The molecule has 0 aromatic heterocycles. The summed E-state index contributed by atoms with van der Waals surface area (Å²) in [6.07, 6.45) is 0.450. The maximum Gasteiger partial charge on any atom is 0.373 e. The van der Waals surface area contributed by atoms with E-state index in [1.165, 1.54) is 14.2 Å². The normalized spacial score (nSPS) is 18.4. The first-order chi connectivity index (χ1) is 13.5. The fraction of sp³-hybridized carbons (Fsp3) is 0.381. The predicted octanol–water partition coefficient (Wildman–Crippen LogP) is 2.72. The van der Waals surface area contributed by atoms with Crippen molar-refractivity contribution in [3.8, 4) is 5.75 Å². The van der Waals surface area contributed by atoms with Crippen LogP contribution in [0.2, 0.25) is 0 Å². The van der Waals surface area contributed by atoms with E-state index in [4.69, 9.17) is 23.8 Å². The standard InChI is InChI=1S/C20H22O5.CO2/c1-12(20(22)24-3)18-14(10-17(21)23-2)11-25-16-9-8-13-6-4-5-7-15(13)19(16)18;2-1-3/h4-9,12,14,18H,10-11H2,1-3H3;. The molecule has 0 N–H and O–H groups in total. The molecule has 1 aliphatic heterocycles. The Labute approximate surface area is 162 Å². The Morgan fingerprint density at radius 3 is 2.46 bits per heavy atom. The van der Waals surface area contributed by atoms with Gasteiger partial charge in [-0.1, -0.05) is 37.3 Å². The third kappa shape index (κ3) is 4.38. The highest BCUT2D eigenvalue weighted by atomic mass is 16.5. The second kappa shape index (κ2) is 9.67. The Bertz CT molecular complexity index is 883. The molecule has 2 aromatic rings. The van der Waals surface area contributed by atoms with Crippen molar-refractivity contribution in [2.24, 2.45) is 11.8 Å². The fourth-order valence-electron chi connectivity index (χ4n) is 3.76. The van der Waals surface area contributed by atoms with Crippen molar-refractivity contribution < 1.29 is 33.4 Å². The van der Waals surface area contributed by atoms with Gasteiger partial charge in [-0.05, 0) is 16.8 Å². The number of carbonyl (C=O) groups is 2. The van der Waals surface area contributed by atoms with Gasteiger partial charge in [-0.15, -0.1) is 0 Å². The van der Waals surface area contributed by atoms with Crippen LogP contribution in [0.25, 0.3) is 10.8 Å². The van der Waals surface area contributed by atoms with Crippen molar-refractivity contribution in [1.82, 2.24) is 0 Å². The lowest BCUT2D eigenvalue weighted by molar-refractivity contribution is -0.191. The van der Waals surface area contributed by atoms with Crippen molar-refractivity contribution in [3.63, 3.8) is 0 Å². The molecule has 1 aliphatic rings. The summed E-state index contributed by atoms with van der Waals surface area (Å²) in [5.41, 5.74) is 0.969. The minimum atomic E-state index is -0.395. The quantitative estimate of drug-likeness (QED) is 0.746. The molecule has 3 atom stereocenters. The lowest BCUT2D eigenvalue weighted by Crippen LogP contribution is -2.35. The van der Waals surface area contributed by atoms with E-state index in [0.717, 1.165) is 22.1 Å². The second-order valence-corrected chi connectivity index (χ2v) is 6.47. The molecule has 1 heterocycles. The van der Waals surface area contributed by atoms with Crippen LogP contribution < -0.4 is 4.74 Å². The molecule has 0 saturated heterocycles. The van der Waals surface area contributed by atoms with Gasteiger partial charge in [-0.3, -0.25) is 9.59 Å². The minimum absolute atomic E-state index is 0.153. The minimum Gasteiger partial charge on any atom is -0.493 e. The number of hydrogen-bond donors (Lipinski definition) is 0. The summed E-state index contributed by atoms with van der Waals surface area (Å²) in [5.74, 6) is -0.560. The molecular weight excluding hydrogens is 364 g/mol. The molecule has 3 unspecified atom stereocenters. The lowest BCUT2D eigenvalue weighted by Gasteiger charge is -2.36. The van der Waals surface area contributed by atoms with Crippen LogP contribution in [0.3, 0.4) is 0 Å². The maximum atomic E-state index is 12.3. The van der Waals surface area contributed by atoms with Crippen LogP contribution in [-0.2, 0) is 28.7 Å². The van der Waals surface area contributed by atoms with E-state index in [1.54, 1.807) is 0 Å². The molecular formula is C21H22O7. The van der Waals surface area contributed by atoms with Crippen molar-refractivity contribution in [1.29, 1.82) is 0 Å². The van der Waals surface area contributed by atoms with Gasteiger partial charge in [0.1, 0.15) is 5.75 Å². The fourth-order valence-corrected chi connectivity index (χ4v) is 3.76. The number of hydrogen-bond acceptors (Lipinski definition) is 7. The van der Waals surface area contributed by atoms with E-state index >= 15 is 0 Å². The summed E-state index contributed by atoms with van der Waals surface area (Å²) >= 11 is 0. The molecule has 28 heavy (non-hydrogen) atoms. The molecule has 2 aromatic carbocycles. The van der Waals surface area contributed by atoms with Gasteiger partial charge in [-0.2, -0.15) is 9.59 Å². The monoisotopic (exact) mass is 386 g/mol. The van der Waals surface area contributed by atoms with Crippen LogP contribution in [0.5, 0.6) is 5.75 Å². The van der Waals surface area contributed by atoms with Crippen LogP contribution in [0, 0.1) is 11.8 Å². The average molecular weight is 386 g/mol. The zero-order chi connectivity index (χ0) is 20.7. The summed E-state index contributed by atoms with van der Waals surface area (Å²) in [6.45, 7) is 2.21. The second-order valence-electron chi connectivity index (χ2n) is 6.47. The average Bonchev–Trinajstić information content (AvgIpc) is 2.72. The Morgan fingerprint density at radius 2 is 1.82 bits per heavy atom. The van der Waals surface area contributed by atoms with Gasteiger partial charge in [-0.25, -0.2) is 0 Å². The van der Waals surface area contributed by atoms with E-state index in [2.05, 4.69) is 0 Å². The summed E-state index contributed by atoms with van der Waals surface area (Å²) in [5, 5.41) is 2.11. The highest BCUT2D eigenvalue weighted by molar-refractivity contribution is 5.89. The molecule has 0 fully saturated rings. The Balaban J connectivity index is 0.000000878. The molecule has 0 aliphatic carbocycles. The number of ether oxygens (including phenoxy) is 3. The van der Waals surface area contributed by atoms with E-state index in [-0.39, 0.29) is 36.3 Å². The summed E-state index contributed by atoms with van der Waals surface area (Å²) < 4.78 is 15.7. The highest BCUT2D eigenvalue weighted by Crippen LogP contribution is 2.46. The summed E-state index contributed by atoms with van der Waals surface area (Å²) in [6, 6.07) is 11.9. The third-order valence-corrected chi connectivity index (χ3v) is 4.99. The molecule has 0 saturated carbocycles. The molecule has 3 rings (SSSR count). The maximum absolute atomic E-state index is 12.3. The van der Waals surface area contributed by atoms with Crippen LogP contribution in [0.15, 0.2) is 36.4 Å². The molecule has 7 nitrogen and oxygen atoms in total. The van der Waals surface area contributed by atoms with Crippen LogP contribution in [0.1, 0.15) is 24.8 Å². The number of esters is 2. The first-order valence-electron chi connectivity index (χ1n) is 8.76. The lowest BCUT2D eigenvalue weighted by atomic mass is 9.73. The molecule has 0 spiro atoms. The van der Waals surface area contributed by atoms with Crippen LogP contribution >= 0.6 is 0 Å². The third-order valence-electron chi connectivity index (χ3n) is 4.99. The van der Waals surface area contributed by atoms with E-state index < -0.39 is 5.92 Å². The molecule has 0 amide bonds. The van der Waals surface area contributed by atoms with Crippen molar-refractivity contribution in [2.75, 3.05) is 20.8 Å². The molecule has 0 radical (unpaired) electrons. The Hall–Kier alpha value is -3.18. The summed E-state index contributed by atoms with van der Waals surface area (Å²) in [4.78, 5) is 40.4. The number of fused-ring (bicyclic) bond motifs is 3. The number of rotatable bonds is 4. The Kier molecular flexibility index (Phi) is 7.29. The number of carbonyl (C=O) groups excluding carboxylic acids is 4. The van der Waals surface area contributed by atoms with E-state index in [0.29, 0.717) is 6.61 Å². The molecule has 7 heteroatoms. The van der Waals surface area contributed by atoms with Gasteiger partial charge in [0.25, 0.3) is 0 Å². The first-order valence-corrected chi connectivity index (χ1v) is 8.76. The van der Waals surface area contributed by atoms with Gasteiger partial charge in [0, 0.05) is 17.4 Å². The van der Waals surface area contributed by atoms with Gasteiger partial charge in [0.15, 0.2) is 0 Å². The highest BCUT2D eigenvalue weighted by Gasteiger charge is 2.40. The van der Waals surface area contributed by atoms with E-state index in [1.807, 2.05) is 43.3 Å². The van der Waals surface area contributed by atoms with Crippen molar-refractivity contribution in [2.45, 2.75) is 19.3 Å². The number of benzene rings is 2. The molecule has 0 bridgehead atoms. The van der Waals surface area contributed by atoms with Crippen molar-refractivity contribution in [3.05, 3.63) is 42.0 Å². The number of methoxy groups -OCH3 is 2. The van der Waals surface area contributed by atoms with Crippen LogP contribution in [-0.4, -0.2) is 38.9 Å². The predicted molar refractivity (Wildman–Crippen MR) is 98.5 cm³/mol. The van der Waals surface area contributed by atoms with Crippen LogP contribution in [0.4, 0.5) is 0 Å². The first kappa shape index (κ1) is 21.1. The van der Waals surface area contributed by atoms with Gasteiger partial charge in [0.05, 0.1) is 33.2 Å². The Morgan fingerprint density at radius 1 is 1.14 bits per heavy atom. The van der Waals surface area contributed by atoms with Gasteiger partial charge < -0.3 is 14.2 Å². The van der Waals surface area contributed by atoms with E-state index in [9.17, 15) is 9.59 Å². The summed E-state index contributed by atoms with van der Waals surface area (Å²) in [7, 11) is 2.76.